The molecule has 0 bridgehead atoms. The number of carbonyl (C=O) groups excluding carboxylic acids is 1. The largest absolute Gasteiger partial charge is 0.334 e. The van der Waals surface area contributed by atoms with Crippen molar-refractivity contribution >= 4 is 23.2 Å². The van der Waals surface area contributed by atoms with Gasteiger partial charge in [0.25, 0.3) is 0 Å². The molecule has 1 aliphatic carbocycles. The third-order valence-corrected chi connectivity index (χ3v) is 3.93. The fourth-order valence-corrected chi connectivity index (χ4v) is 2.68. The summed E-state index contributed by atoms with van der Waals surface area (Å²) in [5.74, 6) is 0.990. The molecule has 1 aromatic carbocycles. The van der Waals surface area contributed by atoms with Crippen LogP contribution in [0.1, 0.15) is 32.6 Å². The van der Waals surface area contributed by atoms with Gasteiger partial charge in [-0.05, 0) is 37.5 Å². The maximum absolute atomic E-state index is 12.0. The van der Waals surface area contributed by atoms with Crippen molar-refractivity contribution in [3.63, 3.8) is 0 Å². The van der Waals surface area contributed by atoms with Crippen LogP contribution in [0.25, 0.3) is 0 Å². The Labute approximate surface area is 126 Å². The predicted octanol–water partition coefficient (Wildman–Crippen LogP) is 2.37. The van der Waals surface area contributed by atoms with E-state index in [1.807, 2.05) is 12.1 Å². The van der Waals surface area contributed by atoms with Gasteiger partial charge in [-0.3, -0.25) is 4.79 Å². The molecule has 3 nitrogen and oxygen atoms in total. The summed E-state index contributed by atoms with van der Waals surface area (Å²) in [6, 6.07) is 7.30. The number of hydrogen-bond donors (Lipinski definition) is 2. The quantitative estimate of drug-likeness (QED) is 0.758. The Kier molecular flexibility index (Phi) is 5.86. The number of anilines is 1. The minimum Gasteiger partial charge on any atom is -0.334 e. The zero-order valence-corrected chi connectivity index (χ0v) is 12.9. The molecule has 1 saturated carbocycles. The average molecular weight is 296 g/mol. The van der Waals surface area contributed by atoms with Gasteiger partial charge in [-0.1, -0.05) is 24.6 Å². The van der Waals surface area contributed by atoms with E-state index >= 15 is 0 Å². The Morgan fingerprint density at radius 3 is 2.85 bits per heavy atom. The van der Waals surface area contributed by atoms with Gasteiger partial charge in [0.15, 0.2) is 0 Å². The number of quaternary nitrogens is 1. The molecule has 0 radical (unpaired) electrons. The first kappa shape index (κ1) is 15.3. The van der Waals surface area contributed by atoms with Gasteiger partial charge in [-0.25, -0.2) is 0 Å². The van der Waals surface area contributed by atoms with E-state index in [1.54, 1.807) is 17.0 Å². The summed E-state index contributed by atoms with van der Waals surface area (Å²) in [5.41, 5.74) is 0.779. The molecule has 20 heavy (non-hydrogen) atoms. The van der Waals surface area contributed by atoms with E-state index in [0.29, 0.717) is 11.4 Å². The normalized spacial score (nSPS) is 15.9. The van der Waals surface area contributed by atoms with Crippen LogP contribution in [0.3, 0.4) is 0 Å². The molecule has 1 fully saturated rings. The molecule has 1 unspecified atom stereocenters. The molecular weight excluding hydrogens is 272 g/mol. The van der Waals surface area contributed by atoms with E-state index < -0.39 is 0 Å². The van der Waals surface area contributed by atoms with Crippen LogP contribution in [-0.4, -0.2) is 25.5 Å². The summed E-state index contributed by atoms with van der Waals surface area (Å²) in [5, 5.41) is 3.56. The molecule has 0 aromatic heterocycles. The Bertz CT molecular complexity index is 446. The van der Waals surface area contributed by atoms with Gasteiger partial charge in [0.05, 0.1) is 26.1 Å². The highest BCUT2D eigenvalue weighted by Crippen LogP contribution is 2.26. The summed E-state index contributed by atoms with van der Waals surface area (Å²) in [6.07, 6.45) is 4.51. The van der Waals surface area contributed by atoms with Gasteiger partial charge >= 0.3 is 0 Å². The minimum atomic E-state index is 0.0802. The van der Waals surface area contributed by atoms with E-state index in [2.05, 4.69) is 12.2 Å². The second-order valence-corrected chi connectivity index (χ2v) is 6.14. The first-order valence-electron chi connectivity index (χ1n) is 7.56. The monoisotopic (exact) mass is 295 g/mol. The number of rotatable bonds is 8. The highest BCUT2D eigenvalue weighted by Gasteiger charge is 2.26. The van der Waals surface area contributed by atoms with Crippen molar-refractivity contribution in [3.05, 3.63) is 29.3 Å². The molecule has 1 aromatic rings. The van der Waals surface area contributed by atoms with Crippen molar-refractivity contribution in [2.45, 2.75) is 32.6 Å². The summed E-state index contributed by atoms with van der Waals surface area (Å²) in [4.78, 5) is 13.5. The summed E-state index contributed by atoms with van der Waals surface area (Å²) in [6.45, 7) is 5.54. The smallest absolute Gasteiger partial charge is 0.230 e. The lowest BCUT2D eigenvalue weighted by atomic mass is 10.2. The van der Waals surface area contributed by atoms with Crippen LogP contribution >= 0.6 is 11.6 Å². The lowest BCUT2D eigenvalue weighted by molar-refractivity contribution is -0.901. The van der Waals surface area contributed by atoms with Crippen LogP contribution in [0.2, 0.25) is 5.02 Å². The highest BCUT2D eigenvalue weighted by molar-refractivity contribution is 6.30. The fourth-order valence-electron chi connectivity index (χ4n) is 2.49. The van der Waals surface area contributed by atoms with E-state index in [4.69, 9.17) is 11.6 Å². The SMILES string of the molecule is CCC[NH+](CCC(=O)Nc1cccc(Cl)c1)CC1CC1. The molecule has 4 heteroatoms. The van der Waals surface area contributed by atoms with Crippen molar-refractivity contribution in [3.8, 4) is 0 Å². The van der Waals surface area contributed by atoms with Gasteiger partial charge in [-0.15, -0.1) is 0 Å². The van der Waals surface area contributed by atoms with Crippen molar-refractivity contribution in [1.29, 1.82) is 0 Å². The van der Waals surface area contributed by atoms with Crippen molar-refractivity contribution in [2.75, 3.05) is 25.0 Å². The second kappa shape index (κ2) is 7.65. The van der Waals surface area contributed by atoms with Crippen molar-refractivity contribution in [1.82, 2.24) is 0 Å². The maximum Gasteiger partial charge on any atom is 0.230 e. The van der Waals surface area contributed by atoms with Gasteiger partial charge in [-0.2, -0.15) is 0 Å². The Hall–Kier alpha value is -1.06. The number of amides is 1. The number of benzene rings is 1. The van der Waals surface area contributed by atoms with E-state index in [1.165, 1.54) is 32.4 Å². The topological polar surface area (TPSA) is 33.5 Å². The summed E-state index contributed by atoms with van der Waals surface area (Å²) in [7, 11) is 0. The minimum absolute atomic E-state index is 0.0802. The Morgan fingerprint density at radius 1 is 1.40 bits per heavy atom. The Morgan fingerprint density at radius 2 is 2.20 bits per heavy atom. The molecule has 1 atom stereocenters. The van der Waals surface area contributed by atoms with E-state index in [-0.39, 0.29) is 5.91 Å². The molecule has 1 aliphatic rings. The maximum atomic E-state index is 12.0. The Balaban J connectivity index is 1.75. The van der Waals surface area contributed by atoms with Crippen LogP contribution in [-0.2, 0) is 4.79 Å². The van der Waals surface area contributed by atoms with Gasteiger partial charge < -0.3 is 10.2 Å². The van der Waals surface area contributed by atoms with Crippen LogP contribution in [0.4, 0.5) is 5.69 Å². The summed E-state index contributed by atoms with van der Waals surface area (Å²) < 4.78 is 0. The van der Waals surface area contributed by atoms with Gasteiger partial charge in [0.1, 0.15) is 0 Å². The number of halogens is 1. The molecule has 0 saturated heterocycles. The third kappa shape index (κ3) is 5.51. The zero-order chi connectivity index (χ0) is 14.4. The molecule has 110 valence electrons. The van der Waals surface area contributed by atoms with Crippen LogP contribution in [0.5, 0.6) is 0 Å². The third-order valence-electron chi connectivity index (χ3n) is 3.69. The van der Waals surface area contributed by atoms with Crippen LogP contribution in [0, 0.1) is 5.92 Å². The fraction of sp³-hybridized carbons (Fsp3) is 0.562. The van der Waals surface area contributed by atoms with E-state index in [9.17, 15) is 4.79 Å². The lowest BCUT2D eigenvalue weighted by Gasteiger charge is -2.18. The first-order valence-corrected chi connectivity index (χ1v) is 7.94. The van der Waals surface area contributed by atoms with Crippen LogP contribution < -0.4 is 10.2 Å². The zero-order valence-electron chi connectivity index (χ0n) is 12.1. The van der Waals surface area contributed by atoms with Crippen LogP contribution in [0.15, 0.2) is 24.3 Å². The first-order chi connectivity index (χ1) is 9.67. The molecule has 0 spiro atoms. The summed E-state index contributed by atoms with van der Waals surface area (Å²) >= 11 is 5.91. The number of nitrogens with one attached hydrogen (secondary N) is 2. The van der Waals surface area contributed by atoms with Crippen molar-refractivity contribution < 1.29 is 9.69 Å². The lowest BCUT2D eigenvalue weighted by Crippen LogP contribution is -3.12. The highest BCUT2D eigenvalue weighted by atomic mass is 35.5. The number of carbonyl (C=O) groups is 1. The van der Waals surface area contributed by atoms with Gasteiger partial charge in [0.2, 0.25) is 5.91 Å². The second-order valence-electron chi connectivity index (χ2n) is 5.71. The molecule has 2 rings (SSSR count). The molecular formula is C16H24ClN2O+. The van der Waals surface area contributed by atoms with Crippen molar-refractivity contribution in [2.24, 2.45) is 5.92 Å². The molecule has 0 heterocycles. The molecule has 2 N–H and O–H groups in total. The average Bonchev–Trinajstić information content (AvgIpc) is 3.20. The van der Waals surface area contributed by atoms with Gasteiger partial charge in [0, 0.05) is 16.6 Å². The number of hydrogen-bond acceptors (Lipinski definition) is 1. The standard InChI is InChI=1S/C16H23ClN2O/c1-2-9-19(12-13-6-7-13)10-8-16(20)18-15-5-3-4-14(17)11-15/h3-5,11,13H,2,6-10,12H2,1H3,(H,18,20)/p+1. The molecule has 1 amide bonds. The molecule has 0 aliphatic heterocycles. The predicted molar refractivity (Wildman–Crippen MR) is 83.3 cm³/mol. The van der Waals surface area contributed by atoms with E-state index in [0.717, 1.165) is 18.2 Å².